The van der Waals surface area contributed by atoms with E-state index in [2.05, 4.69) is 21.8 Å². The van der Waals surface area contributed by atoms with Crippen molar-refractivity contribution in [3.8, 4) is 0 Å². The number of carbonyl (C=O) groups is 1. The number of hydrogen-bond donors (Lipinski definition) is 1. The van der Waals surface area contributed by atoms with E-state index in [9.17, 15) is 4.79 Å². The van der Waals surface area contributed by atoms with Gasteiger partial charge in [0.2, 0.25) is 0 Å². The minimum Gasteiger partial charge on any atom is -0.333 e. The SMILES string of the molecule is O=C(NC12CC3CC(CC(C3)C1)C2)N1CCC(n2cc(C3CC3)nn2)C1. The number of urea groups is 1. The van der Waals surface area contributed by atoms with Gasteiger partial charge in [0.1, 0.15) is 0 Å². The molecular formula is C20H29N5O. The molecule has 1 aromatic heterocycles. The Balaban J connectivity index is 1.11. The molecule has 26 heavy (non-hydrogen) atoms. The topological polar surface area (TPSA) is 63.1 Å². The van der Waals surface area contributed by atoms with E-state index >= 15 is 0 Å². The second kappa shape index (κ2) is 5.46. The third-order valence-electron chi connectivity index (χ3n) is 7.76. The Morgan fingerprint density at radius 2 is 1.77 bits per heavy atom. The third-order valence-corrected chi connectivity index (χ3v) is 7.76. The first-order valence-electron chi connectivity index (χ1n) is 10.6. The van der Waals surface area contributed by atoms with E-state index in [0.717, 1.165) is 43.0 Å². The zero-order valence-corrected chi connectivity index (χ0v) is 15.4. The number of nitrogens with one attached hydrogen (secondary N) is 1. The molecule has 4 bridgehead atoms. The molecule has 0 radical (unpaired) electrons. The van der Waals surface area contributed by atoms with Crippen molar-refractivity contribution in [2.75, 3.05) is 13.1 Å². The maximum Gasteiger partial charge on any atom is 0.317 e. The molecule has 1 unspecified atom stereocenters. The first-order chi connectivity index (χ1) is 12.7. The Morgan fingerprint density at radius 1 is 1.08 bits per heavy atom. The summed E-state index contributed by atoms with van der Waals surface area (Å²) in [5, 5.41) is 12.2. The standard InChI is InChI=1S/C20H29N5O/c26-19(21-20-8-13-5-14(9-20)7-15(6-13)10-20)24-4-3-17(11-24)25-12-18(22-23-25)16-1-2-16/h12-17H,1-11H2,(H,21,26). The molecule has 5 aliphatic carbocycles. The highest BCUT2D eigenvalue weighted by Crippen LogP contribution is 2.55. The predicted octanol–water partition coefficient (Wildman–Crippen LogP) is 3.08. The molecule has 1 saturated heterocycles. The Morgan fingerprint density at radius 3 is 2.42 bits per heavy atom. The lowest BCUT2D eigenvalue weighted by Gasteiger charge is -2.57. The van der Waals surface area contributed by atoms with Crippen molar-refractivity contribution in [2.45, 2.75) is 75.3 Å². The summed E-state index contributed by atoms with van der Waals surface area (Å²) in [6.45, 7) is 1.60. The molecule has 1 atom stereocenters. The number of amides is 2. The average Bonchev–Trinajstić information content (AvgIpc) is 3.13. The van der Waals surface area contributed by atoms with E-state index in [1.807, 2.05) is 9.58 Å². The van der Waals surface area contributed by atoms with Crippen molar-refractivity contribution in [1.29, 1.82) is 0 Å². The Kier molecular flexibility index (Phi) is 3.25. The summed E-state index contributed by atoms with van der Waals surface area (Å²) < 4.78 is 2.01. The molecule has 6 aliphatic rings. The van der Waals surface area contributed by atoms with Crippen LogP contribution in [0.3, 0.4) is 0 Å². The number of carbonyl (C=O) groups excluding carboxylic acids is 1. The number of rotatable bonds is 3. The van der Waals surface area contributed by atoms with E-state index in [-0.39, 0.29) is 17.6 Å². The van der Waals surface area contributed by atoms with Gasteiger partial charge in [-0.05, 0) is 75.5 Å². The molecule has 6 heteroatoms. The van der Waals surface area contributed by atoms with Crippen LogP contribution in [0.5, 0.6) is 0 Å². The molecule has 0 aromatic carbocycles. The minimum atomic E-state index is 0.107. The second-order valence-corrected chi connectivity index (χ2v) is 9.91. The van der Waals surface area contributed by atoms with Crippen LogP contribution >= 0.6 is 0 Å². The summed E-state index contributed by atoms with van der Waals surface area (Å²) >= 11 is 0. The lowest BCUT2D eigenvalue weighted by molar-refractivity contribution is -0.0153. The molecule has 1 N–H and O–H groups in total. The van der Waals surface area contributed by atoms with Crippen LogP contribution in [-0.4, -0.2) is 44.6 Å². The molecule has 2 amide bonds. The van der Waals surface area contributed by atoms with Crippen molar-refractivity contribution in [3.63, 3.8) is 0 Å². The highest BCUT2D eigenvalue weighted by Gasteiger charge is 2.52. The van der Waals surface area contributed by atoms with Gasteiger partial charge < -0.3 is 10.2 Å². The molecule has 140 valence electrons. The lowest BCUT2D eigenvalue weighted by Crippen LogP contribution is -2.61. The normalized spacial score (nSPS) is 41.0. The largest absolute Gasteiger partial charge is 0.333 e. The lowest BCUT2D eigenvalue weighted by atomic mass is 9.53. The number of nitrogens with zero attached hydrogens (tertiary/aromatic N) is 4. The summed E-state index contributed by atoms with van der Waals surface area (Å²) in [6.07, 6.45) is 13.5. The smallest absolute Gasteiger partial charge is 0.317 e. The van der Waals surface area contributed by atoms with Crippen molar-refractivity contribution in [2.24, 2.45) is 17.8 Å². The minimum absolute atomic E-state index is 0.107. The molecule has 0 spiro atoms. The summed E-state index contributed by atoms with van der Waals surface area (Å²) in [4.78, 5) is 15.0. The van der Waals surface area contributed by atoms with Crippen molar-refractivity contribution in [3.05, 3.63) is 11.9 Å². The van der Waals surface area contributed by atoms with E-state index in [4.69, 9.17) is 0 Å². The monoisotopic (exact) mass is 355 g/mol. The van der Waals surface area contributed by atoms with Crippen LogP contribution in [0.4, 0.5) is 4.79 Å². The highest BCUT2D eigenvalue weighted by atomic mass is 16.2. The van der Waals surface area contributed by atoms with Gasteiger partial charge in [0.05, 0.1) is 11.7 Å². The maximum absolute atomic E-state index is 13.0. The molecule has 5 saturated carbocycles. The Hall–Kier alpha value is -1.59. The van der Waals surface area contributed by atoms with Gasteiger partial charge in [0.25, 0.3) is 0 Å². The first-order valence-corrected chi connectivity index (χ1v) is 10.6. The first kappa shape index (κ1) is 15.5. The van der Waals surface area contributed by atoms with Crippen LogP contribution in [0, 0.1) is 17.8 Å². The van der Waals surface area contributed by atoms with Gasteiger partial charge in [-0.15, -0.1) is 5.10 Å². The van der Waals surface area contributed by atoms with Crippen LogP contribution in [0.15, 0.2) is 6.20 Å². The van der Waals surface area contributed by atoms with E-state index in [0.29, 0.717) is 5.92 Å². The van der Waals surface area contributed by atoms with Gasteiger partial charge in [-0.1, -0.05) is 5.21 Å². The fraction of sp³-hybridized carbons (Fsp3) is 0.850. The van der Waals surface area contributed by atoms with Gasteiger partial charge in [-0.2, -0.15) is 0 Å². The van der Waals surface area contributed by atoms with Crippen molar-refractivity contribution in [1.82, 2.24) is 25.2 Å². The second-order valence-electron chi connectivity index (χ2n) is 9.91. The molecule has 6 nitrogen and oxygen atoms in total. The summed E-state index contributed by atoms with van der Waals surface area (Å²) in [5.41, 5.74) is 1.25. The van der Waals surface area contributed by atoms with E-state index in [1.165, 1.54) is 51.4 Å². The molecule has 2 heterocycles. The number of hydrogen-bond acceptors (Lipinski definition) is 3. The van der Waals surface area contributed by atoms with Gasteiger partial charge in [-0.3, -0.25) is 0 Å². The number of aromatic nitrogens is 3. The van der Waals surface area contributed by atoms with Gasteiger partial charge >= 0.3 is 6.03 Å². The predicted molar refractivity (Wildman–Crippen MR) is 96.7 cm³/mol. The molecule has 6 fully saturated rings. The van der Waals surface area contributed by atoms with Gasteiger partial charge in [0, 0.05) is 30.7 Å². The van der Waals surface area contributed by atoms with Gasteiger partial charge in [0.15, 0.2) is 0 Å². The van der Waals surface area contributed by atoms with Crippen molar-refractivity contribution < 1.29 is 4.79 Å². The summed E-state index contributed by atoms with van der Waals surface area (Å²) in [7, 11) is 0. The highest BCUT2D eigenvalue weighted by molar-refractivity contribution is 5.75. The zero-order valence-electron chi connectivity index (χ0n) is 15.4. The third kappa shape index (κ3) is 2.55. The average molecular weight is 355 g/mol. The molecule has 1 aliphatic heterocycles. The zero-order chi connectivity index (χ0) is 17.3. The number of likely N-dealkylation sites (tertiary alicyclic amines) is 1. The molecular weight excluding hydrogens is 326 g/mol. The Labute approximate surface area is 154 Å². The van der Waals surface area contributed by atoms with Crippen LogP contribution < -0.4 is 5.32 Å². The van der Waals surface area contributed by atoms with Crippen LogP contribution in [0.2, 0.25) is 0 Å². The van der Waals surface area contributed by atoms with Gasteiger partial charge in [-0.25, -0.2) is 9.48 Å². The maximum atomic E-state index is 13.0. The Bertz CT molecular complexity index is 688. The summed E-state index contributed by atoms with van der Waals surface area (Å²) in [5.74, 6) is 3.23. The molecule has 1 aromatic rings. The summed E-state index contributed by atoms with van der Waals surface area (Å²) in [6, 6.07) is 0.453. The quantitative estimate of drug-likeness (QED) is 0.906. The van der Waals surface area contributed by atoms with Crippen LogP contribution in [0.25, 0.3) is 0 Å². The van der Waals surface area contributed by atoms with Crippen LogP contribution in [0.1, 0.15) is 75.4 Å². The van der Waals surface area contributed by atoms with Crippen LogP contribution in [-0.2, 0) is 0 Å². The fourth-order valence-corrected chi connectivity index (χ4v) is 6.75. The fourth-order valence-electron chi connectivity index (χ4n) is 6.75. The van der Waals surface area contributed by atoms with E-state index < -0.39 is 0 Å². The van der Waals surface area contributed by atoms with E-state index in [1.54, 1.807) is 0 Å². The molecule has 7 rings (SSSR count). The van der Waals surface area contributed by atoms with Crippen molar-refractivity contribution >= 4 is 6.03 Å².